The van der Waals surface area contributed by atoms with E-state index in [0.717, 1.165) is 12.8 Å². The highest BCUT2D eigenvalue weighted by Crippen LogP contribution is 2.20. The zero-order valence-corrected chi connectivity index (χ0v) is 10.5. The number of carboxylic acids is 1. The van der Waals surface area contributed by atoms with E-state index in [1.807, 2.05) is 0 Å². The molecule has 0 aromatic carbocycles. The van der Waals surface area contributed by atoms with Crippen molar-refractivity contribution in [2.45, 2.75) is 24.9 Å². The van der Waals surface area contributed by atoms with Crippen LogP contribution in [0.1, 0.15) is 24.4 Å². The van der Waals surface area contributed by atoms with Crippen LogP contribution in [0.15, 0.2) is 12.4 Å². The number of carboxylic acid groups (broad SMARTS) is 1. The van der Waals surface area contributed by atoms with Crippen molar-refractivity contribution in [2.24, 2.45) is 7.05 Å². The summed E-state index contributed by atoms with van der Waals surface area (Å²) in [6.07, 6.45) is 4.34. The lowest BCUT2D eigenvalue weighted by Crippen LogP contribution is -2.42. The van der Waals surface area contributed by atoms with Crippen LogP contribution in [0.25, 0.3) is 0 Å². The van der Waals surface area contributed by atoms with Gasteiger partial charge < -0.3 is 5.11 Å². The molecule has 0 amide bonds. The van der Waals surface area contributed by atoms with E-state index in [4.69, 9.17) is 5.11 Å². The van der Waals surface area contributed by atoms with Gasteiger partial charge in [0.05, 0.1) is 6.20 Å². The minimum Gasteiger partial charge on any atom is -0.480 e. The number of rotatable bonds is 6. The molecule has 0 radical (unpaired) electrons. The second-order valence-corrected chi connectivity index (χ2v) is 5.71. The second-order valence-electron chi connectivity index (χ2n) is 4.23. The molecule has 1 atom stereocenters. The SMILES string of the molecule is Cn1cc(C(NS(=O)(=O)NC2CC2)C(=O)O)cn1. The summed E-state index contributed by atoms with van der Waals surface area (Å²) >= 11 is 0. The molecule has 1 aliphatic rings. The van der Waals surface area contributed by atoms with Crippen LogP contribution in [0.5, 0.6) is 0 Å². The lowest BCUT2D eigenvalue weighted by atomic mass is 10.2. The fraction of sp³-hybridized carbons (Fsp3) is 0.556. The molecule has 1 heterocycles. The number of aliphatic carboxylic acids is 1. The smallest absolute Gasteiger partial charge is 0.326 e. The van der Waals surface area contributed by atoms with Crippen molar-refractivity contribution in [3.05, 3.63) is 18.0 Å². The van der Waals surface area contributed by atoms with Crippen LogP contribution in [0, 0.1) is 0 Å². The summed E-state index contributed by atoms with van der Waals surface area (Å²) in [5.74, 6) is -1.27. The van der Waals surface area contributed by atoms with E-state index in [1.54, 1.807) is 7.05 Å². The van der Waals surface area contributed by atoms with E-state index < -0.39 is 22.2 Å². The van der Waals surface area contributed by atoms with Gasteiger partial charge in [-0.3, -0.25) is 9.48 Å². The maximum atomic E-state index is 11.7. The zero-order valence-electron chi connectivity index (χ0n) is 9.70. The molecule has 0 saturated heterocycles. The summed E-state index contributed by atoms with van der Waals surface area (Å²) in [6, 6.07) is -1.42. The highest BCUT2D eigenvalue weighted by molar-refractivity contribution is 7.87. The normalized spacial score (nSPS) is 17.6. The van der Waals surface area contributed by atoms with Gasteiger partial charge in [0.15, 0.2) is 0 Å². The molecule has 1 aromatic heterocycles. The molecule has 2 rings (SSSR count). The van der Waals surface area contributed by atoms with Crippen molar-refractivity contribution in [2.75, 3.05) is 0 Å². The van der Waals surface area contributed by atoms with Gasteiger partial charge in [-0.15, -0.1) is 0 Å². The van der Waals surface area contributed by atoms with Crippen molar-refractivity contribution in [1.29, 1.82) is 0 Å². The van der Waals surface area contributed by atoms with E-state index >= 15 is 0 Å². The van der Waals surface area contributed by atoms with Crippen LogP contribution in [0.3, 0.4) is 0 Å². The highest BCUT2D eigenvalue weighted by atomic mass is 32.2. The number of nitrogens with one attached hydrogen (secondary N) is 2. The quantitative estimate of drug-likeness (QED) is 0.624. The first-order valence-corrected chi connectivity index (χ1v) is 6.86. The molecule has 1 unspecified atom stereocenters. The molecule has 8 nitrogen and oxygen atoms in total. The fourth-order valence-electron chi connectivity index (χ4n) is 1.46. The first-order valence-electron chi connectivity index (χ1n) is 5.38. The Hall–Kier alpha value is -1.45. The molecule has 1 aromatic rings. The molecule has 9 heteroatoms. The molecule has 0 aliphatic heterocycles. The molecule has 1 fully saturated rings. The average Bonchev–Trinajstić information content (AvgIpc) is 2.94. The molecule has 0 spiro atoms. The predicted molar refractivity (Wildman–Crippen MR) is 61.8 cm³/mol. The van der Waals surface area contributed by atoms with Crippen molar-refractivity contribution < 1.29 is 18.3 Å². The third-order valence-electron chi connectivity index (χ3n) is 2.48. The van der Waals surface area contributed by atoms with Gasteiger partial charge in [0.2, 0.25) is 0 Å². The van der Waals surface area contributed by atoms with Gasteiger partial charge in [-0.2, -0.15) is 23.0 Å². The van der Waals surface area contributed by atoms with Crippen LogP contribution < -0.4 is 9.44 Å². The number of aryl methyl sites for hydroxylation is 1. The van der Waals surface area contributed by atoms with E-state index in [2.05, 4.69) is 14.5 Å². The molecule has 0 bridgehead atoms. The molecule has 3 N–H and O–H groups in total. The third-order valence-corrected chi connectivity index (χ3v) is 3.67. The Morgan fingerprint density at radius 2 is 2.28 bits per heavy atom. The first kappa shape index (κ1) is 13.0. The molecule has 18 heavy (non-hydrogen) atoms. The van der Waals surface area contributed by atoms with Crippen molar-refractivity contribution in [3.8, 4) is 0 Å². The highest BCUT2D eigenvalue weighted by Gasteiger charge is 2.31. The molecular weight excluding hydrogens is 260 g/mol. The summed E-state index contributed by atoms with van der Waals surface area (Å²) < 4.78 is 29.2. The number of hydrogen-bond donors (Lipinski definition) is 3. The van der Waals surface area contributed by atoms with Gasteiger partial charge in [-0.1, -0.05) is 0 Å². The van der Waals surface area contributed by atoms with Crippen LogP contribution in [-0.2, 0) is 22.1 Å². The van der Waals surface area contributed by atoms with Gasteiger partial charge in [-0.25, -0.2) is 0 Å². The lowest BCUT2D eigenvalue weighted by molar-refractivity contribution is -0.139. The summed E-state index contributed by atoms with van der Waals surface area (Å²) in [4.78, 5) is 11.1. The van der Waals surface area contributed by atoms with Crippen LogP contribution in [0.2, 0.25) is 0 Å². The Labute approximate surface area is 104 Å². The van der Waals surface area contributed by atoms with E-state index in [0.29, 0.717) is 0 Å². The average molecular weight is 274 g/mol. The minimum absolute atomic E-state index is 0.0779. The molecule has 1 saturated carbocycles. The summed E-state index contributed by atoms with van der Waals surface area (Å²) in [6.45, 7) is 0. The van der Waals surface area contributed by atoms with Gasteiger partial charge in [0.1, 0.15) is 6.04 Å². The third kappa shape index (κ3) is 3.28. The largest absolute Gasteiger partial charge is 0.480 e. The Morgan fingerprint density at radius 1 is 1.61 bits per heavy atom. The van der Waals surface area contributed by atoms with E-state index in [1.165, 1.54) is 17.1 Å². The minimum atomic E-state index is -3.82. The molecule has 1 aliphatic carbocycles. The van der Waals surface area contributed by atoms with Crippen LogP contribution >= 0.6 is 0 Å². The Kier molecular flexibility index (Phi) is 3.37. The summed E-state index contributed by atoms with van der Waals surface area (Å²) in [5, 5.41) is 12.9. The van der Waals surface area contributed by atoms with Gasteiger partial charge in [0, 0.05) is 24.8 Å². The van der Waals surface area contributed by atoms with Crippen LogP contribution in [-0.4, -0.2) is 35.3 Å². The number of carbonyl (C=O) groups is 1. The van der Waals surface area contributed by atoms with Crippen molar-refractivity contribution >= 4 is 16.2 Å². The second kappa shape index (κ2) is 4.67. The predicted octanol–water partition coefficient (Wildman–Crippen LogP) is -0.868. The van der Waals surface area contributed by atoms with Crippen LogP contribution in [0.4, 0.5) is 0 Å². The van der Waals surface area contributed by atoms with Crippen molar-refractivity contribution in [3.63, 3.8) is 0 Å². The van der Waals surface area contributed by atoms with E-state index in [9.17, 15) is 13.2 Å². The standard InChI is InChI=1S/C9H14N4O4S/c1-13-5-6(4-10-13)8(9(14)15)12-18(16,17)11-7-2-3-7/h4-5,7-8,11-12H,2-3H2,1H3,(H,14,15). The summed E-state index contributed by atoms with van der Waals surface area (Å²) in [5.41, 5.74) is 0.283. The Morgan fingerprint density at radius 3 is 2.72 bits per heavy atom. The maximum Gasteiger partial charge on any atom is 0.326 e. The van der Waals surface area contributed by atoms with Gasteiger partial charge >= 0.3 is 5.97 Å². The van der Waals surface area contributed by atoms with Gasteiger partial charge in [-0.05, 0) is 12.8 Å². The Bertz CT molecular complexity index is 549. The topological polar surface area (TPSA) is 113 Å². The zero-order chi connectivity index (χ0) is 13.3. The van der Waals surface area contributed by atoms with Gasteiger partial charge in [0.25, 0.3) is 10.2 Å². The summed E-state index contributed by atoms with van der Waals surface area (Å²) in [7, 11) is -2.19. The lowest BCUT2D eigenvalue weighted by Gasteiger charge is -2.13. The number of nitrogens with zero attached hydrogens (tertiary/aromatic N) is 2. The number of hydrogen-bond acceptors (Lipinski definition) is 4. The van der Waals surface area contributed by atoms with Crippen molar-refractivity contribution in [1.82, 2.24) is 19.2 Å². The first-order chi connectivity index (χ1) is 8.37. The Balaban J connectivity index is 2.13. The fourth-order valence-corrected chi connectivity index (χ4v) is 2.75. The monoisotopic (exact) mass is 274 g/mol. The van der Waals surface area contributed by atoms with E-state index in [-0.39, 0.29) is 11.6 Å². The maximum absolute atomic E-state index is 11.7. The number of aromatic nitrogens is 2. The molecular formula is C9H14N4O4S. The molecule has 100 valence electrons.